The first-order valence-electron chi connectivity index (χ1n) is 9.62. The lowest BCUT2D eigenvalue weighted by molar-refractivity contribution is -0.137. The zero-order chi connectivity index (χ0) is 23.5. The maximum atomic E-state index is 13.1. The summed E-state index contributed by atoms with van der Waals surface area (Å²) in [5, 5.41) is 5.38. The minimum atomic E-state index is -4.50. The number of nitrogens with one attached hydrogen (secondary N) is 3. The SMILES string of the molecule is CC1(C)C/C(=C\C(=O)Nc2cccc(NI)c2CNC=O)c2ccc(C(F)(F)F)cc2O1. The van der Waals surface area contributed by atoms with Crippen LogP contribution in [0.4, 0.5) is 24.5 Å². The predicted octanol–water partition coefficient (Wildman–Crippen LogP) is 5.30. The van der Waals surface area contributed by atoms with E-state index in [1.807, 2.05) is 22.9 Å². The molecule has 1 aliphatic heterocycles. The molecule has 2 aromatic rings. The van der Waals surface area contributed by atoms with Crippen molar-refractivity contribution in [2.75, 3.05) is 8.85 Å². The molecule has 0 saturated heterocycles. The standard InChI is InChI=1S/C22H21F3IN3O3/c1-21(2)10-13(15-7-6-14(22(23,24)25)9-19(15)32-21)8-20(31)28-17-4-3-5-18(29-26)16(17)11-27-12-30/h3-9,12,29H,10-11H2,1-2H3,(H,27,30)(H,28,31)/b13-8+. The van der Waals surface area contributed by atoms with E-state index in [1.54, 1.807) is 32.0 Å². The lowest BCUT2D eigenvalue weighted by Gasteiger charge is -2.34. The number of carbonyl (C=O) groups is 2. The van der Waals surface area contributed by atoms with Gasteiger partial charge in [-0.3, -0.25) is 9.59 Å². The number of amides is 2. The van der Waals surface area contributed by atoms with E-state index in [-0.39, 0.29) is 12.3 Å². The molecule has 3 N–H and O–H groups in total. The lowest BCUT2D eigenvalue weighted by atomic mass is 9.88. The zero-order valence-corrected chi connectivity index (χ0v) is 19.4. The molecule has 0 aromatic heterocycles. The van der Waals surface area contributed by atoms with Crippen LogP contribution in [0.3, 0.4) is 0 Å². The van der Waals surface area contributed by atoms with Crippen LogP contribution >= 0.6 is 22.9 Å². The van der Waals surface area contributed by atoms with Crippen molar-refractivity contribution in [3.8, 4) is 5.75 Å². The Hall–Kier alpha value is -2.76. The molecule has 2 amide bonds. The Morgan fingerprint density at radius 1 is 1.22 bits per heavy atom. The second-order valence-corrected chi connectivity index (χ2v) is 8.37. The van der Waals surface area contributed by atoms with Crippen LogP contribution in [0.15, 0.2) is 42.5 Å². The highest BCUT2D eigenvalue weighted by Crippen LogP contribution is 2.43. The summed E-state index contributed by atoms with van der Waals surface area (Å²) in [4.78, 5) is 23.6. The van der Waals surface area contributed by atoms with Crippen LogP contribution in [-0.4, -0.2) is 17.9 Å². The topological polar surface area (TPSA) is 79.5 Å². The lowest BCUT2D eigenvalue weighted by Crippen LogP contribution is -2.32. The van der Waals surface area contributed by atoms with Gasteiger partial charge in [0.2, 0.25) is 12.3 Å². The van der Waals surface area contributed by atoms with E-state index < -0.39 is 23.2 Å². The van der Waals surface area contributed by atoms with Crippen LogP contribution in [0.25, 0.3) is 5.57 Å². The van der Waals surface area contributed by atoms with Crippen LogP contribution in [0.2, 0.25) is 0 Å². The molecule has 0 aliphatic carbocycles. The number of hydrogen-bond acceptors (Lipinski definition) is 4. The molecule has 1 heterocycles. The number of anilines is 2. The number of ether oxygens (including phenoxy) is 1. The molecule has 6 nitrogen and oxygen atoms in total. The molecule has 0 fully saturated rings. The molecule has 0 spiro atoms. The summed E-state index contributed by atoms with van der Waals surface area (Å²) >= 11 is 1.95. The Kier molecular flexibility index (Phi) is 7.01. The average Bonchev–Trinajstić information content (AvgIpc) is 2.70. The number of benzene rings is 2. The molecule has 2 aromatic carbocycles. The molecule has 32 heavy (non-hydrogen) atoms. The Morgan fingerprint density at radius 3 is 2.59 bits per heavy atom. The largest absolute Gasteiger partial charge is 0.487 e. The minimum Gasteiger partial charge on any atom is -0.487 e. The molecule has 0 bridgehead atoms. The third kappa shape index (κ3) is 5.53. The van der Waals surface area contributed by atoms with Crippen molar-refractivity contribution in [3.63, 3.8) is 0 Å². The van der Waals surface area contributed by atoms with E-state index in [2.05, 4.69) is 14.2 Å². The highest BCUT2D eigenvalue weighted by atomic mass is 127. The van der Waals surface area contributed by atoms with Crippen LogP contribution in [0, 0.1) is 0 Å². The molecular weight excluding hydrogens is 538 g/mol. The average molecular weight is 559 g/mol. The maximum absolute atomic E-state index is 13.1. The zero-order valence-electron chi connectivity index (χ0n) is 17.3. The summed E-state index contributed by atoms with van der Waals surface area (Å²) in [7, 11) is 0. The molecule has 0 atom stereocenters. The first-order valence-corrected chi connectivity index (χ1v) is 10.7. The second kappa shape index (κ2) is 9.39. The third-order valence-electron chi connectivity index (χ3n) is 4.86. The van der Waals surface area contributed by atoms with Gasteiger partial charge in [0.1, 0.15) is 11.4 Å². The number of carbonyl (C=O) groups excluding carboxylic acids is 2. The van der Waals surface area contributed by atoms with Gasteiger partial charge in [0.15, 0.2) is 0 Å². The van der Waals surface area contributed by atoms with Crippen molar-refractivity contribution in [1.29, 1.82) is 0 Å². The van der Waals surface area contributed by atoms with Crippen molar-refractivity contribution < 1.29 is 27.5 Å². The highest BCUT2D eigenvalue weighted by Gasteiger charge is 2.35. The smallest absolute Gasteiger partial charge is 0.416 e. The van der Waals surface area contributed by atoms with Crippen molar-refractivity contribution in [1.82, 2.24) is 5.32 Å². The fourth-order valence-corrected chi connectivity index (χ4v) is 4.02. The number of halogens is 4. The number of hydrogen-bond donors (Lipinski definition) is 3. The number of rotatable bonds is 6. The molecular formula is C22H21F3IN3O3. The number of alkyl halides is 3. The van der Waals surface area contributed by atoms with Crippen LogP contribution < -0.4 is 18.9 Å². The summed E-state index contributed by atoms with van der Waals surface area (Å²) in [5.41, 5.74) is 1.32. The third-order valence-corrected chi connectivity index (χ3v) is 5.44. The Balaban J connectivity index is 1.94. The molecule has 3 rings (SSSR count). The normalized spacial score (nSPS) is 16.0. The van der Waals surface area contributed by atoms with Gasteiger partial charge in [-0.25, -0.2) is 0 Å². The fourth-order valence-electron chi connectivity index (χ4n) is 3.52. The van der Waals surface area contributed by atoms with E-state index in [4.69, 9.17) is 4.74 Å². The van der Waals surface area contributed by atoms with Gasteiger partial charge in [-0.1, -0.05) is 12.1 Å². The van der Waals surface area contributed by atoms with E-state index >= 15 is 0 Å². The van der Waals surface area contributed by atoms with Gasteiger partial charge >= 0.3 is 6.18 Å². The Labute approximate surface area is 197 Å². The van der Waals surface area contributed by atoms with Crippen molar-refractivity contribution in [2.24, 2.45) is 0 Å². The van der Waals surface area contributed by atoms with Crippen LogP contribution in [0.1, 0.15) is 37.0 Å². The van der Waals surface area contributed by atoms with Gasteiger partial charge in [0, 0.05) is 41.5 Å². The molecule has 0 unspecified atom stereocenters. The Morgan fingerprint density at radius 2 is 1.94 bits per heavy atom. The van der Waals surface area contributed by atoms with Crippen molar-refractivity contribution in [2.45, 2.75) is 38.6 Å². The molecule has 170 valence electrons. The van der Waals surface area contributed by atoms with Gasteiger partial charge in [-0.2, -0.15) is 13.2 Å². The quantitative estimate of drug-likeness (QED) is 0.195. The summed E-state index contributed by atoms with van der Waals surface area (Å²) in [6.45, 7) is 3.70. The van der Waals surface area contributed by atoms with Crippen LogP contribution in [-0.2, 0) is 22.3 Å². The van der Waals surface area contributed by atoms with E-state index in [9.17, 15) is 22.8 Å². The molecule has 0 saturated carbocycles. The van der Waals surface area contributed by atoms with E-state index in [0.29, 0.717) is 35.2 Å². The van der Waals surface area contributed by atoms with Crippen LogP contribution in [0.5, 0.6) is 5.75 Å². The predicted molar refractivity (Wildman–Crippen MR) is 124 cm³/mol. The second-order valence-electron chi connectivity index (χ2n) is 7.83. The maximum Gasteiger partial charge on any atom is 0.416 e. The van der Waals surface area contributed by atoms with Crippen molar-refractivity contribution >= 4 is 52.1 Å². The Bertz CT molecular complexity index is 1070. The van der Waals surface area contributed by atoms with Gasteiger partial charge in [-0.15, -0.1) is 0 Å². The first kappa shape index (κ1) is 23.9. The molecule has 1 aliphatic rings. The van der Waals surface area contributed by atoms with E-state index in [0.717, 1.165) is 17.8 Å². The van der Waals surface area contributed by atoms with E-state index in [1.165, 1.54) is 12.1 Å². The highest BCUT2D eigenvalue weighted by molar-refractivity contribution is 14.1. The van der Waals surface area contributed by atoms with Gasteiger partial charge in [-0.05, 0) is 43.7 Å². The fraction of sp³-hybridized carbons (Fsp3) is 0.273. The van der Waals surface area contributed by atoms with Gasteiger partial charge in [0.25, 0.3) is 0 Å². The van der Waals surface area contributed by atoms with Crippen molar-refractivity contribution in [3.05, 3.63) is 59.2 Å². The molecule has 0 radical (unpaired) electrons. The summed E-state index contributed by atoms with van der Waals surface area (Å²) in [6, 6.07) is 8.52. The summed E-state index contributed by atoms with van der Waals surface area (Å²) in [5.74, 6) is -0.358. The first-order chi connectivity index (χ1) is 15.0. The minimum absolute atomic E-state index is 0.0853. The van der Waals surface area contributed by atoms with Gasteiger partial charge in [0.05, 0.1) is 28.4 Å². The monoisotopic (exact) mass is 559 g/mol. The van der Waals surface area contributed by atoms with Gasteiger partial charge < -0.3 is 18.9 Å². The molecule has 10 heteroatoms. The summed E-state index contributed by atoms with van der Waals surface area (Å²) < 4.78 is 48.1. The summed E-state index contributed by atoms with van der Waals surface area (Å²) in [6.07, 6.45) is -2.22. The number of fused-ring (bicyclic) bond motifs is 1.